The molecule has 39 heavy (non-hydrogen) atoms. The van der Waals surface area contributed by atoms with Crippen molar-refractivity contribution < 1.29 is 13.2 Å². The molecule has 1 aliphatic rings. The first kappa shape index (κ1) is 26.4. The number of aromatic nitrogens is 2. The average Bonchev–Trinajstić information content (AvgIpc) is 2.92. The molecule has 0 aliphatic carbocycles. The van der Waals surface area contributed by atoms with Gasteiger partial charge < -0.3 is 9.47 Å². The maximum absolute atomic E-state index is 16.0. The Balaban J connectivity index is 1.60. The standard InChI is InChI=1S/C30H28F3N5O/c1-30(2,33)26-18-37(25-16-27(39)36(3)24-13-12-23(17-34)35-28(24)25)14-15-38(26)29(19-4-8-21(31)9-5-19)20-6-10-22(32)11-7-20/h4-13,16,26,29H,14-15,18H2,1-3H3. The molecule has 1 aliphatic heterocycles. The molecular weight excluding hydrogens is 503 g/mol. The van der Waals surface area contributed by atoms with E-state index < -0.39 is 17.8 Å². The summed E-state index contributed by atoms with van der Waals surface area (Å²) in [4.78, 5) is 21.3. The van der Waals surface area contributed by atoms with Crippen molar-refractivity contribution in [2.75, 3.05) is 24.5 Å². The summed E-state index contributed by atoms with van der Waals surface area (Å²) >= 11 is 0. The van der Waals surface area contributed by atoms with Crippen molar-refractivity contribution >= 4 is 16.7 Å². The molecule has 1 fully saturated rings. The zero-order valence-corrected chi connectivity index (χ0v) is 21.9. The van der Waals surface area contributed by atoms with Gasteiger partial charge in [-0.15, -0.1) is 0 Å². The van der Waals surface area contributed by atoms with Crippen LogP contribution in [0.5, 0.6) is 0 Å². The third kappa shape index (κ3) is 5.12. The number of fused-ring (bicyclic) bond motifs is 1. The van der Waals surface area contributed by atoms with Crippen LogP contribution in [0.4, 0.5) is 18.9 Å². The van der Waals surface area contributed by atoms with Gasteiger partial charge >= 0.3 is 0 Å². The van der Waals surface area contributed by atoms with Gasteiger partial charge in [0.05, 0.1) is 23.3 Å². The second-order valence-electron chi connectivity index (χ2n) is 10.4. The average molecular weight is 532 g/mol. The van der Waals surface area contributed by atoms with E-state index in [2.05, 4.69) is 4.98 Å². The predicted octanol–water partition coefficient (Wildman–Crippen LogP) is 5.11. The number of halogens is 3. The number of pyridine rings is 2. The molecule has 0 saturated carbocycles. The lowest BCUT2D eigenvalue weighted by atomic mass is 9.89. The molecule has 1 unspecified atom stereocenters. The van der Waals surface area contributed by atoms with E-state index >= 15 is 4.39 Å². The summed E-state index contributed by atoms with van der Waals surface area (Å²) in [5.74, 6) is -0.767. The fourth-order valence-electron chi connectivity index (χ4n) is 5.42. The fraction of sp³-hybridized carbons (Fsp3) is 0.300. The van der Waals surface area contributed by atoms with E-state index in [0.29, 0.717) is 29.8 Å². The van der Waals surface area contributed by atoms with Crippen LogP contribution in [-0.2, 0) is 7.05 Å². The Hall–Kier alpha value is -4.16. The van der Waals surface area contributed by atoms with Crippen molar-refractivity contribution in [2.24, 2.45) is 7.05 Å². The van der Waals surface area contributed by atoms with Crippen molar-refractivity contribution in [2.45, 2.75) is 31.6 Å². The number of nitrogens with zero attached hydrogens (tertiary/aromatic N) is 5. The molecule has 1 saturated heterocycles. The van der Waals surface area contributed by atoms with E-state index in [9.17, 15) is 18.8 Å². The first-order chi connectivity index (χ1) is 18.6. The van der Waals surface area contributed by atoms with Gasteiger partial charge in [-0.25, -0.2) is 18.2 Å². The number of alkyl halides is 1. The van der Waals surface area contributed by atoms with Gasteiger partial charge in [0.15, 0.2) is 0 Å². The Kier molecular flexibility index (Phi) is 6.91. The minimum Gasteiger partial charge on any atom is -0.367 e. The Morgan fingerprint density at radius 1 is 0.974 bits per heavy atom. The predicted molar refractivity (Wildman–Crippen MR) is 144 cm³/mol. The highest BCUT2D eigenvalue weighted by molar-refractivity contribution is 5.88. The molecule has 6 nitrogen and oxygen atoms in total. The van der Waals surface area contributed by atoms with Crippen LogP contribution < -0.4 is 10.5 Å². The maximum atomic E-state index is 16.0. The highest BCUT2D eigenvalue weighted by Gasteiger charge is 2.43. The first-order valence-corrected chi connectivity index (χ1v) is 12.7. The summed E-state index contributed by atoms with van der Waals surface area (Å²) < 4.78 is 45.1. The van der Waals surface area contributed by atoms with Gasteiger partial charge in [0.2, 0.25) is 0 Å². The third-order valence-corrected chi connectivity index (χ3v) is 7.44. The van der Waals surface area contributed by atoms with Gasteiger partial charge in [-0.05, 0) is 61.4 Å². The zero-order chi connectivity index (χ0) is 27.9. The third-order valence-electron chi connectivity index (χ3n) is 7.44. The van der Waals surface area contributed by atoms with Crippen LogP contribution in [-0.4, -0.2) is 45.8 Å². The number of rotatable bonds is 5. The highest BCUT2D eigenvalue weighted by Crippen LogP contribution is 2.38. The van der Waals surface area contributed by atoms with E-state index in [0.717, 1.165) is 11.1 Å². The summed E-state index contributed by atoms with van der Waals surface area (Å²) in [6, 6.07) is 17.8. The fourth-order valence-corrected chi connectivity index (χ4v) is 5.42. The summed E-state index contributed by atoms with van der Waals surface area (Å²) in [5.41, 5.74) is 1.42. The van der Waals surface area contributed by atoms with E-state index in [1.165, 1.54) is 48.7 Å². The van der Waals surface area contributed by atoms with E-state index in [1.54, 1.807) is 43.4 Å². The topological polar surface area (TPSA) is 65.2 Å². The minimum absolute atomic E-state index is 0.219. The highest BCUT2D eigenvalue weighted by atomic mass is 19.1. The molecule has 0 spiro atoms. The Morgan fingerprint density at radius 3 is 2.10 bits per heavy atom. The van der Waals surface area contributed by atoms with E-state index in [1.807, 2.05) is 15.9 Å². The molecule has 200 valence electrons. The Labute approximate surface area is 224 Å². The quantitative estimate of drug-likeness (QED) is 0.358. The van der Waals surface area contributed by atoms with Crippen LogP contribution in [0.1, 0.15) is 36.7 Å². The molecular formula is C30H28F3N5O. The minimum atomic E-state index is -1.68. The van der Waals surface area contributed by atoms with Crippen LogP contribution in [0.15, 0.2) is 71.5 Å². The summed E-state index contributed by atoms with van der Waals surface area (Å²) in [6.07, 6.45) is 0. The molecule has 9 heteroatoms. The molecule has 0 amide bonds. The van der Waals surface area contributed by atoms with Crippen LogP contribution in [0.25, 0.3) is 11.0 Å². The number of piperazine rings is 1. The molecule has 0 radical (unpaired) electrons. The van der Waals surface area contributed by atoms with Gasteiger partial charge in [0, 0.05) is 32.7 Å². The van der Waals surface area contributed by atoms with E-state index in [-0.39, 0.29) is 29.4 Å². The molecule has 0 N–H and O–H groups in total. The van der Waals surface area contributed by atoms with Crippen LogP contribution in [0, 0.1) is 23.0 Å². The molecule has 5 rings (SSSR count). The maximum Gasteiger partial charge on any atom is 0.252 e. The SMILES string of the molecule is Cn1c(=O)cc(N2CCN(C(c3ccc(F)cc3)c3ccc(F)cc3)C(C(C)(C)F)C2)c2nc(C#N)ccc21. The number of hydrogen-bond donors (Lipinski definition) is 0. The summed E-state index contributed by atoms with van der Waals surface area (Å²) in [6.45, 7) is 4.07. The van der Waals surface area contributed by atoms with Crippen LogP contribution >= 0.6 is 0 Å². The lowest BCUT2D eigenvalue weighted by Crippen LogP contribution is -2.61. The molecule has 2 aromatic carbocycles. The Bertz CT molecular complexity index is 1560. The zero-order valence-electron chi connectivity index (χ0n) is 21.9. The van der Waals surface area contributed by atoms with Crippen molar-refractivity contribution in [1.82, 2.24) is 14.5 Å². The lowest BCUT2D eigenvalue weighted by molar-refractivity contribution is 0.0235. The van der Waals surface area contributed by atoms with Gasteiger partial charge in [0.25, 0.3) is 5.56 Å². The monoisotopic (exact) mass is 531 g/mol. The molecule has 3 heterocycles. The van der Waals surface area contributed by atoms with Crippen molar-refractivity contribution in [3.63, 3.8) is 0 Å². The summed E-state index contributed by atoms with van der Waals surface area (Å²) in [7, 11) is 1.64. The van der Waals surface area contributed by atoms with Gasteiger partial charge in [-0.2, -0.15) is 5.26 Å². The molecule has 1 atom stereocenters. The van der Waals surface area contributed by atoms with Crippen molar-refractivity contribution in [1.29, 1.82) is 5.26 Å². The number of hydrogen-bond acceptors (Lipinski definition) is 5. The number of aryl methyl sites for hydroxylation is 1. The molecule has 2 aromatic heterocycles. The second kappa shape index (κ2) is 10.2. The van der Waals surface area contributed by atoms with Gasteiger partial charge in [-0.3, -0.25) is 9.69 Å². The first-order valence-electron chi connectivity index (χ1n) is 12.7. The normalized spacial score (nSPS) is 16.6. The smallest absolute Gasteiger partial charge is 0.252 e. The molecule has 0 bridgehead atoms. The number of anilines is 1. The largest absolute Gasteiger partial charge is 0.367 e. The van der Waals surface area contributed by atoms with Crippen molar-refractivity contribution in [3.8, 4) is 6.07 Å². The lowest BCUT2D eigenvalue weighted by Gasteiger charge is -2.49. The Morgan fingerprint density at radius 2 is 1.56 bits per heavy atom. The van der Waals surface area contributed by atoms with Gasteiger partial charge in [-0.1, -0.05) is 24.3 Å². The summed E-state index contributed by atoms with van der Waals surface area (Å²) in [5, 5.41) is 9.42. The second-order valence-corrected chi connectivity index (χ2v) is 10.4. The van der Waals surface area contributed by atoms with Crippen molar-refractivity contribution in [3.05, 3.63) is 106 Å². The van der Waals surface area contributed by atoms with Gasteiger partial charge in [0.1, 0.15) is 34.6 Å². The number of benzene rings is 2. The van der Waals surface area contributed by atoms with Crippen LogP contribution in [0.3, 0.4) is 0 Å². The van der Waals surface area contributed by atoms with Crippen LogP contribution in [0.2, 0.25) is 0 Å². The molecule has 4 aromatic rings. The number of nitriles is 1. The van der Waals surface area contributed by atoms with E-state index in [4.69, 9.17) is 0 Å².